The van der Waals surface area contributed by atoms with Gasteiger partial charge in [-0.25, -0.2) is 8.42 Å². The molecule has 1 aromatic rings. The molecule has 8 heteroatoms. The summed E-state index contributed by atoms with van der Waals surface area (Å²) >= 11 is 0. The summed E-state index contributed by atoms with van der Waals surface area (Å²) in [5.41, 5.74) is 0.268. The summed E-state index contributed by atoms with van der Waals surface area (Å²) < 4.78 is 33.1. The Labute approximate surface area is 124 Å². The number of hydrogen-bond donors (Lipinski definition) is 1. The van der Waals surface area contributed by atoms with Gasteiger partial charge in [-0.15, -0.1) is 6.42 Å². The molecule has 116 valence electrons. The van der Waals surface area contributed by atoms with Crippen molar-refractivity contribution in [2.45, 2.75) is 10.9 Å². The van der Waals surface area contributed by atoms with E-state index in [-0.39, 0.29) is 23.1 Å². The van der Waals surface area contributed by atoms with Crippen LogP contribution in [0.2, 0.25) is 0 Å². The molecule has 0 saturated carbocycles. The van der Waals surface area contributed by atoms with Gasteiger partial charge in [0.05, 0.1) is 6.61 Å². The maximum atomic E-state index is 12.2. The number of aryl methyl sites for hydroxylation is 1. The first-order valence-electron chi connectivity index (χ1n) is 6.08. The number of carbonyl (C=O) groups is 1. The molecule has 1 unspecified atom stereocenters. The van der Waals surface area contributed by atoms with Crippen LogP contribution < -0.4 is 4.72 Å². The van der Waals surface area contributed by atoms with E-state index >= 15 is 0 Å². The first-order chi connectivity index (χ1) is 9.72. The largest absolute Gasteiger partial charge is 0.382 e. The summed E-state index contributed by atoms with van der Waals surface area (Å²) in [6.45, 7) is 0.0616. The molecule has 0 aliphatic rings. The molecule has 1 atom stereocenters. The fourth-order valence-corrected chi connectivity index (χ4v) is 2.87. The lowest BCUT2D eigenvalue weighted by Crippen LogP contribution is -2.36. The Kier molecular flexibility index (Phi) is 5.54. The Balaban J connectivity index is 3.08. The van der Waals surface area contributed by atoms with Crippen LogP contribution in [0.15, 0.2) is 17.2 Å². The van der Waals surface area contributed by atoms with Crippen molar-refractivity contribution >= 4 is 15.9 Å². The molecular formula is C13H19N3O4S. The van der Waals surface area contributed by atoms with Crippen molar-refractivity contribution in [1.82, 2.24) is 14.2 Å². The molecule has 0 fully saturated rings. The van der Waals surface area contributed by atoms with Gasteiger partial charge in [-0.2, -0.15) is 4.72 Å². The van der Waals surface area contributed by atoms with E-state index in [1.54, 1.807) is 21.1 Å². The van der Waals surface area contributed by atoms with E-state index in [1.807, 2.05) is 0 Å². The summed E-state index contributed by atoms with van der Waals surface area (Å²) in [7, 11) is 2.39. The molecule has 0 saturated heterocycles. The zero-order chi connectivity index (χ0) is 16.2. The molecule has 0 radical (unpaired) electrons. The van der Waals surface area contributed by atoms with E-state index < -0.39 is 16.1 Å². The second kappa shape index (κ2) is 6.76. The van der Waals surface area contributed by atoms with Crippen molar-refractivity contribution in [1.29, 1.82) is 0 Å². The van der Waals surface area contributed by atoms with Gasteiger partial charge in [0.15, 0.2) is 0 Å². The highest BCUT2D eigenvalue weighted by Crippen LogP contribution is 2.15. The second-order valence-corrected chi connectivity index (χ2v) is 6.38. The summed E-state index contributed by atoms with van der Waals surface area (Å²) in [5, 5.41) is 0. The molecule has 0 aliphatic heterocycles. The SMILES string of the molecule is C#CC(COC)NS(=O)(=O)c1cc(C(=O)N(C)C)n(C)c1. The molecule has 0 spiro atoms. The molecule has 0 aromatic carbocycles. The van der Waals surface area contributed by atoms with Crippen LogP contribution in [0, 0.1) is 12.3 Å². The van der Waals surface area contributed by atoms with Crippen molar-refractivity contribution in [3.8, 4) is 12.3 Å². The summed E-state index contributed by atoms with van der Waals surface area (Å²) in [5.74, 6) is 2.01. The minimum Gasteiger partial charge on any atom is -0.382 e. The third-order valence-electron chi connectivity index (χ3n) is 2.75. The minimum atomic E-state index is -3.82. The first-order valence-corrected chi connectivity index (χ1v) is 7.56. The molecule has 1 heterocycles. The molecule has 1 N–H and O–H groups in total. The zero-order valence-corrected chi connectivity index (χ0v) is 13.3. The highest BCUT2D eigenvalue weighted by Gasteiger charge is 2.23. The van der Waals surface area contributed by atoms with Gasteiger partial charge in [0.25, 0.3) is 5.91 Å². The predicted octanol–water partition coefficient (Wildman–Crippen LogP) is -0.347. The lowest BCUT2D eigenvalue weighted by molar-refractivity contribution is 0.0818. The van der Waals surface area contributed by atoms with Crippen LogP contribution in [-0.4, -0.2) is 57.6 Å². The summed E-state index contributed by atoms with van der Waals surface area (Å²) in [4.78, 5) is 13.3. The highest BCUT2D eigenvalue weighted by molar-refractivity contribution is 7.89. The molecule has 1 aromatic heterocycles. The van der Waals surface area contributed by atoms with Gasteiger partial charge < -0.3 is 14.2 Å². The average Bonchev–Trinajstić information content (AvgIpc) is 2.79. The number of methoxy groups -OCH3 is 1. The molecule has 0 aliphatic carbocycles. The average molecular weight is 313 g/mol. The molecule has 7 nitrogen and oxygen atoms in total. The normalized spacial score (nSPS) is 12.7. The van der Waals surface area contributed by atoms with Crippen LogP contribution in [0.25, 0.3) is 0 Å². The zero-order valence-electron chi connectivity index (χ0n) is 12.5. The molecule has 1 rings (SSSR count). The monoisotopic (exact) mass is 313 g/mol. The first kappa shape index (κ1) is 17.2. The van der Waals surface area contributed by atoms with Gasteiger partial charge in [0.1, 0.15) is 16.6 Å². The number of nitrogens with one attached hydrogen (secondary N) is 1. The van der Waals surface area contributed by atoms with E-state index in [0.717, 1.165) is 0 Å². The Morgan fingerprint density at radius 2 is 2.19 bits per heavy atom. The Bertz CT molecular complexity index is 655. The van der Waals surface area contributed by atoms with Crippen molar-refractivity contribution < 1.29 is 17.9 Å². The van der Waals surface area contributed by atoms with Crippen molar-refractivity contribution in [3.63, 3.8) is 0 Å². The molecule has 0 bridgehead atoms. The van der Waals surface area contributed by atoms with E-state index in [2.05, 4.69) is 10.6 Å². The van der Waals surface area contributed by atoms with E-state index in [9.17, 15) is 13.2 Å². The number of terminal acetylenes is 1. The Morgan fingerprint density at radius 3 is 2.67 bits per heavy atom. The number of ether oxygens (including phenoxy) is 1. The second-order valence-electron chi connectivity index (χ2n) is 4.67. The molecule has 21 heavy (non-hydrogen) atoms. The van der Waals surface area contributed by atoms with E-state index in [1.165, 1.54) is 28.8 Å². The van der Waals surface area contributed by atoms with Crippen molar-refractivity contribution in [2.24, 2.45) is 7.05 Å². The summed E-state index contributed by atoms with van der Waals surface area (Å²) in [6, 6.07) is 0.540. The lowest BCUT2D eigenvalue weighted by atomic mass is 10.4. The third kappa shape index (κ3) is 4.07. The number of hydrogen-bond acceptors (Lipinski definition) is 4. The van der Waals surface area contributed by atoms with Gasteiger partial charge >= 0.3 is 0 Å². The molecular weight excluding hydrogens is 294 g/mol. The van der Waals surface area contributed by atoms with Gasteiger partial charge in [-0.05, 0) is 6.07 Å². The van der Waals surface area contributed by atoms with Crippen LogP contribution in [0.1, 0.15) is 10.5 Å². The maximum Gasteiger partial charge on any atom is 0.269 e. The van der Waals surface area contributed by atoms with E-state index in [4.69, 9.17) is 11.2 Å². The van der Waals surface area contributed by atoms with E-state index in [0.29, 0.717) is 0 Å². The maximum absolute atomic E-state index is 12.2. The fraction of sp³-hybridized carbons (Fsp3) is 0.462. The van der Waals surface area contributed by atoms with Crippen LogP contribution >= 0.6 is 0 Å². The minimum absolute atomic E-state index is 0.0217. The van der Waals surface area contributed by atoms with Gasteiger partial charge in [-0.3, -0.25) is 4.79 Å². The standard InChI is InChI=1S/C13H19N3O4S/c1-6-10(9-20-5)14-21(18,19)11-7-12(16(4)8-11)13(17)15(2)3/h1,7-8,10,14H,9H2,2-5H3. The molecule has 1 amide bonds. The van der Waals surface area contributed by atoms with Gasteiger partial charge in [0, 0.05) is 34.4 Å². The van der Waals surface area contributed by atoms with Crippen molar-refractivity contribution in [3.05, 3.63) is 18.0 Å². The lowest BCUT2D eigenvalue weighted by Gasteiger charge is -2.11. The number of sulfonamides is 1. The van der Waals surface area contributed by atoms with Crippen LogP contribution in [-0.2, 0) is 21.8 Å². The van der Waals surface area contributed by atoms with Crippen LogP contribution in [0.5, 0.6) is 0 Å². The number of nitrogens with zero attached hydrogens (tertiary/aromatic N) is 2. The predicted molar refractivity (Wildman–Crippen MR) is 78.2 cm³/mol. The fourth-order valence-electron chi connectivity index (χ4n) is 1.66. The van der Waals surface area contributed by atoms with Crippen LogP contribution in [0.3, 0.4) is 0 Å². The highest BCUT2D eigenvalue weighted by atomic mass is 32.2. The number of amides is 1. The number of aromatic nitrogens is 1. The topological polar surface area (TPSA) is 80.6 Å². The summed E-state index contributed by atoms with van der Waals surface area (Å²) in [6.07, 6.45) is 6.60. The smallest absolute Gasteiger partial charge is 0.269 e. The Morgan fingerprint density at radius 1 is 1.57 bits per heavy atom. The quantitative estimate of drug-likeness (QED) is 0.728. The van der Waals surface area contributed by atoms with Crippen molar-refractivity contribution in [2.75, 3.05) is 27.8 Å². The number of carbonyl (C=O) groups excluding carboxylic acids is 1. The number of rotatable bonds is 6. The van der Waals surface area contributed by atoms with Crippen LogP contribution in [0.4, 0.5) is 0 Å². The van der Waals surface area contributed by atoms with Gasteiger partial charge in [0.2, 0.25) is 10.0 Å². The Hall–Kier alpha value is -1.82. The van der Waals surface area contributed by atoms with Gasteiger partial charge in [-0.1, -0.05) is 5.92 Å². The third-order valence-corrected chi connectivity index (χ3v) is 4.19.